The van der Waals surface area contributed by atoms with Crippen LogP contribution in [0.5, 0.6) is 5.75 Å². The maximum atomic E-state index is 9.65. The molecule has 0 radical (unpaired) electrons. The summed E-state index contributed by atoms with van der Waals surface area (Å²) in [5, 5.41) is 11.3. The molecule has 4 heteroatoms. The van der Waals surface area contributed by atoms with Crippen LogP contribution in [0.3, 0.4) is 0 Å². The van der Waals surface area contributed by atoms with Crippen LogP contribution in [0.15, 0.2) is 33.5 Å². The number of hydrogen-bond acceptors (Lipinski definition) is 2. The highest BCUT2D eigenvalue weighted by Crippen LogP contribution is 2.34. The van der Waals surface area contributed by atoms with Gasteiger partial charge in [-0.25, -0.2) is 4.98 Å². The molecule has 2 rings (SSSR count). The van der Waals surface area contributed by atoms with Crippen LogP contribution in [-0.4, -0.2) is 10.1 Å². The second-order valence-electron chi connectivity index (χ2n) is 2.59. The smallest absolute Gasteiger partial charge is 0.156 e. The molecule has 0 bridgehead atoms. The van der Waals surface area contributed by atoms with E-state index in [1.807, 2.05) is 24.3 Å². The second kappa shape index (κ2) is 3.27. The lowest BCUT2D eigenvalue weighted by molar-refractivity contribution is 0.475. The summed E-state index contributed by atoms with van der Waals surface area (Å²) >= 11 is 6.51. The van der Waals surface area contributed by atoms with E-state index in [2.05, 4.69) is 36.8 Å². The van der Waals surface area contributed by atoms with Crippen LogP contribution in [0.25, 0.3) is 10.8 Å². The molecule has 0 atom stereocenters. The van der Waals surface area contributed by atoms with Gasteiger partial charge < -0.3 is 5.11 Å². The predicted molar refractivity (Wildman–Crippen MR) is 58.8 cm³/mol. The Hall–Kier alpha value is -0.610. The van der Waals surface area contributed by atoms with Gasteiger partial charge in [-0.1, -0.05) is 24.3 Å². The number of pyridine rings is 1. The number of hydrogen-bond donors (Lipinski definition) is 1. The zero-order valence-corrected chi connectivity index (χ0v) is 9.63. The van der Waals surface area contributed by atoms with Gasteiger partial charge in [0.1, 0.15) is 9.21 Å². The molecule has 1 N–H and O–H groups in total. The summed E-state index contributed by atoms with van der Waals surface area (Å²) < 4.78 is 1.19. The van der Waals surface area contributed by atoms with Crippen LogP contribution >= 0.6 is 31.9 Å². The molecule has 1 heterocycles. The Bertz CT molecular complexity index is 470. The van der Waals surface area contributed by atoms with E-state index in [0.717, 1.165) is 15.4 Å². The number of rotatable bonds is 0. The molecule has 0 unspecified atom stereocenters. The molecule has 0 aliphatic carbocycles. The number of aromatic nitrogens is 1. The zero-order valence-electron chi connectivity index (χ0n) is 6.46. The minimum absolute atomic E-state index is 0.179. The van der Waals surface area contributed by atoms with Gasteiger partial charge >= 0.3 is 0 Å². The van der Waals surface area contributed by atoms with Crippen LogP contribution in [0, 0.1) is 0 Å². The first-order chi connectivity index (χ1) is 6.20. The predicted octanol–water partition coefficient (Wildman–Crippen LogP) is 3.47. The number of nitrogens with zero attached hydrogens (tertiary/aromatic N) is 1. The molecular weight excluding hydrogens is 298 g/mol. The minimum atomic E-state index is 0.179. The number of fused-ring (bicyclic) bond motifs is 1. The van der Waals surface area contributed by atoms with Crippen molar-refractivity contribution in [3.8, 4) is 5.75 Å². The van der Waals surface area contributed by atoms with Crippen molar-refractivity contribution < 1.29 is 5.11 Å². The van der Waals surface area contributed by atoms with Crippen LogP contribution in [0.4, 0.5) is 0 Å². The molecule has 0 fully saturated rings. The summed E-state index contributed by atoms with van der Waals surface area (Å²) in [4.78, 5) is 4.08. The molecule has 0 spiro atoms. The third kappa shape index (κ3) is 1.44. The van der Waals surface area contributed by atoms with Gasteiger partial charge in [-0.3, -0.25) is 0 Å². The number of halogens is 2. The van der Waals surface area contributed by atoms with E-state index < -0.39 is 0 Å². The topological polar surface area (TPSA) is 33.1 Å². The van der Waals surface area contributed by atoms with E-state index in [9.17, 15) is 5.11 Å². The number of benzene rings is 1. The standard InChI is InChI=1S/C9H5Br2NO/c10-8-6-4-2-1-3-5(6)7(13)9(11)12-8/h1-4,13H. The molecule has 0 saturated heterocycles. The summed E-state index contributed by atoms with van der Waals surface area (Å²) in [6.45, 7) is 0. The minimum Gasteiger partial charge on any atom is -0.505 e. The van der Waals surface area contributed by atoms with Crippen LogP contribution < -0.4 is 0 Å². The molecule has 13 heavy (non-hydrogen) atoms. The van der Waals surface area contributed by atoms with Crippen molar-refractivity contribution in [1.82, 2.24) is 4.98 Å². The zero-order chi connectivity index (χ0) is 9.42. The van der Waals surface area contributed by atoms with E-state index in [1.165, 1.54) is 0 Å². The van der Waals surface area contributed by atoms with Crippen molar-refractivity contribution in [2.24, 2.45) is 0 Å². The Kier molecular flexibility index (Phi) is 2.26. The average Bonchev–Trinajstić information content (AvgIpc) is 2.15. The van der Waals surface area contributed by atoms with Crippen LogP contribution in [-0.2, 0) is 0 Å². The SMILES string of the molecule is Oc1c(Br)nc(Br)c2ccccc12. The summed E-state index contributed by atoms with van der Waals surface area (Å²) in [5.74, 6) is 0.179. The maximum Gasteiger partial charge on any atom is 0.156 e. The summed E-state index contributed by atoms with van der Waals surface area (Å²) in [5.41, 5.74) is 0. The van der Waals surface area contributed by atoms with Gasteiger partial charge in [0.25, 0.3) is 0 Å². The lowest BCUT2D eigenvalue weighted by Gasteiger charge is -2.03. The highest BCUT2D eigenvalue weighted by molar-refractivity contribution is 9.11. The third-order valence-corrected chi connectivity index (χ3v) is 2.95. The molecule has 0 saturated carbocycles. The van der Waals surface area contributed by atoms with Gasteiger partial charge in [-0.05, 0) is 31.9 Å². The number of aromatic hydroxyl groups is 1. The van der Waals surface area contributed by atoms with Crippen molar-refractivity contribution in [3.63, 3.8) is 0 Å². The van der Waals surface area contributed by atoms with Gasteiger partial charge in [0.05, 0.1) is 0 Å². The molecule has 2 aromatic rings. The van der Waals surface area contributed by atoms with Crippen molar-refractivity contribution in [3.05, 3.63) is 33.5 Å². The highest BCUT2D eigenvalue weighted by atomic mass is 79.9. The fourth-order valence-electron chi connectivity index (χ4n) is 1.18. The molecule has 0 aliphatic rings. The summed E-state index contributed by atoms with van der Waals surface area (Å²) in [6, 6.07) is 7.53. The molecule has 0 aliphatic heterocycles. The second-order valence-corrected chi connectivity index (χ2v) is 4.09. The fraction of sp³-hybridized carbons (Fsp3) is 0. The van der Waals surface area contributed by atoms with Crippen LogP contribution in [0.2, 0.25) is 0 Å². The Morgan fingerprint density at radius 3 is 2.31 bits per heavy atom. The van der Waals surface area contributed by atoms with E-state index in [1.54, 1.807) is 0 Å². The first-order valence-electron chi connectivity index (χ1n) is 3.63. The van der Waals surface area contributed by atoms with Crippen molar-refractivity contribution >= 4 is 42.6 Å². The van der Waals surface area contributed by atoms with Gasteiger partial charge in [-0.15, -0.1) is 0 Å². The lowest BCUT2D eigenvalue weighted by atomic mass is 10.2. The van der Waals surface area contributed by atoms with E-state index in [0.29, 0.717) is 4.60 Å². The van der Waals surface area contributed by atoms with Crippen molar-refractivity contribution in [1.29, 1.82) is 0 Å². The molecule has 1 aromatic carbocycles. The first-order valence-corrected chi connectivity index (χ1v) is 5.21. The van der Waals surface area contributed by atoms with Crippen molar-refractivity contribution in [2.75, 3.05) is 0 Å². The highest BCUT2D eigenvalue weighted by Gasteiger charge is 2.08. The Balaban J connectivity index is 2.97. The summed E-state index contributed by atoms with van der Waals surface area (Å²) in [6.07, 6.45) is 0. The lowest BCUT2D eigenvalue weighted by Crippen LogP contribution is -1.82. The van der Waals surface area contributed by atoms with Gasteiger partial charge in [0.2, 0.25) is 0 Å². The van der Waals surface area contributed by atoms with Crippen LogP contribution in [0.1, 0.15) is 0 Å². The van der Waals surface area contributed by atoms with E-state index in [4.69, 9.17) is 0 Å². The van der Waals surface area contributed by atoms with E-state index >= 15 is 0 Å². The largest absolute Gasteiger partial charge is 0.505 e. The van der Waals surface area contributed by atoms with Gasteiger partial charge in [0.15, 0.2) is 5.75 Å². The normalized spacial score (nSPS) is 10.6. The van der Waals surface area contributed by atoms with Gasteiger partial charge in [-0.2, -0.15) is 0 Å². The Morgan fingerprint density at radius 1 is 1.00 bits per heavy atom. The molecule has 2 nitrogen and oxygen atoms in total. The first kappa shape index (κ1) is 8.97. The molecular formula is C9H5Br2NO. The van der Waals surface area contributed by atoms with Gasteiger partial charge in [0, 0.05) is 10.8 Å². The molecule has 1 aromatic heterocycles. The molecule has 0 amide bonds. The van der Waals surface area contributed by atoms with E-state index in [-0.39, 0.29) is 5.75 Å². The van der Waals surface area contributed by atoms with Crippen molar-refractivity contribution in [2.45, 2.75) is 0 Å². The quantitative estimate of drug-likeness (QED) is 0.756. The Morgan fingerprint density at radius 2 is 1.62 bits per heavy atom. The third-order valence-electron chi connectivity index (χ3n) is 1.80. The summed E-state index contributed by atoms with van der Waals surface area (Å²) in [7, 11) is 0. The fourth-order valence-corrected chi connectivity index (χ4v) is 2.33. The molecule has 66 valence electrons. The average molecular weight is 303 g/mol. The maximum absolute atomic E-state index is 9.65. The Labute approximate surface area is 91.9 Å². The monoisotopic (exact) mass is 301 g/mol.